The van der Waals surface area contributed by atoms with Crippen LogP contribution in [0.4, 0.5) is 0 Å². The molecule has 2 nitrogen and oxygen atoms in total. The van der Waals surface area contributed by atoms with Gasteiger partial charge in [0.15, 0.2) is 0 Å². The molecule has 0 heterocycles. The highest BCUT2D eigenvalue weighted by atomic mass is 14.9. The third-order valence-electron chi connectivity index (χ3n) is 3.25. The predicted molar refractivity (Wildman–Crippen MR) is 77.7 cm³/mol. The third-order valence-corrected chi connectivity index (χ3v) is 3.25. The largest absolute Gasteiger partial charge is 0.310 e. The molecule has 1 N–H and O–H groups in total. The Kier molecular flexibility index (Phi) is 4.72. The highest BCUT2D eigenvalue weighted by Crippen LogP contribution is 2.13. The van der Waals surface area contributed by atoms with Crippen LogP contribution in [0.25, 0.3) is 0 Å². The second-order valence-electron chi connectivity index (χ2n) is 4.65. The first kappa shape index (κ1) is 13.3. The van der Waals surface area contributed by atoms with E-state index in [0.717, 1.165) is 13.0 Å². The molecule has 0 saturated heterocycles. The molecule has 0 aliphatic heterocycles. The number of benzene rings is 2. The number of rotatable bonds is 5. The predicted octanol–water partition coefficient (Wildman–Crippen LogP) is 3.45. The zero-order valence-electron chi connectivity index (χ0n) is 11.1. The summed E-state index contributed by atoms with van der Waals surface area (Å²) in [5, 5.41) is 12.3. The maximum Gasteiger partial charge on any atom is 0.0991 e. The molecule has 0 aliphatic rings. The van der Waals surface area contributed by atoms with Gasteiger partial charge in [-0.3, -0.25) is 0 Å². The summed E-state index contributed by atoms with van der Waals surface area (Å²) in [5.41, 5.74) is 3.27. The zero-order valence-corrected chi connectivity index (χ0v) is 11.1. The molecule has 2 aromatic carbocycles. The summed E-state index contributed by atoms with van der Waals surface area (Å²) in [6, 6.07) is 20.7. The Morgan fingerprint density at radius 3 is 2.37 bits per heavy atom. The number of nitriles is 1. The van der Waals surface area contributed by atoms with Gasteiger partial charge in [-0.05, 0) is 43.1 Å². The van der Waals surface area contributed by atoms with Gasteiger partial charge in [0.2, 0.25) is 0 Å². The summed E-state index contributed by atoms with van der Waals surface area (Å²) >= 11 is 0. The minimum absolute atomic E-state index is 0.302. The summed E-state index contributed by atoms with van der Waals surface area (Å²) in [4.78, 5) is 0. The molecule has 96 valence electrons. The molecule has 0 bridgehead atoms. The van der Waals surface area contributed by atoms with Crippen LogP contribution in [-0.2, 0) is 6.42 Å². The molecule has 0 radical (unpaired) electrons. The van der Waals surface area contributed by atoms with Crippen molar-refractivity contribution in [3.05, 3.63) is 71.3 Å². The molecule has 2 rings (SSSR count). The number of nitrogens with zero attached hydrogens (tertiary/aromatic N) is 1. The van der Waals surface area contributed by atoms with Crippen LogP contribution in [0.15, 0.2) is 54.6 Å². The Morgan fingerprint density at radius 1 is 1.05 bits per heavy atom. The van der Waals surface area contributed by atoms with E-state index in [1.165, 1.54) is 11.1 Å². The lowest BCUT2D eigenvalue weighted by Crippen LogP contribution is -2.21. The Hall–Kier alpha value is -2.11. The van der Waals surface area contributed by atoms with Gasteiger partial charge in [-0.2, -0.15) is 5.26 Å². The van der Waals surface area contributed by atoms with Crippen molar-refractivity contribution in [2.45, 2.75) is 19.4 Å². The van der Waals surface area contributed by atoms with E-state index in [0.29, 0.717) is 11.6 Å². The standard InChI is InChI=1S/C17H18N2/c1-14(17-9-7-16(13-18)8-10-17)19-12-11-15-5-3-2-4-6-15/h2-10,14,19H,11-12H2,1H3. The minimum Gasteiger partial charge on any atom is -0.310 e. The second-order valence-corrected chi connectivity index (χ2v) is 4.65. The van der Waals surface area contributed by atoms with Crippen LogP contribution in [0.3, 0.4) is 0 Å². The monoisotopic (exact) mass is 250 g/mol. The van der Waals surface area contributed by atoms with Gasteiger partial charge >= 0.3 is 0 Å². The van der Waals surface area contributed by atoms with E-state index in [2.05, 4.69) is 42.6 Å². The molecule has 0 amide bonds. The van der Waals surface area contributed by atoms with Crippen molar-refractivity contribution in [2.75, 3.05) is 6.54 Å². The lowest BCUT2D eigenvalue weighted by molar-refractivity contribution is 0.577. The van der Waals surface area contributed by atoms with Gasteiger partial charge in [0, 0.05) is 6.04 Å². The Bertz CT molecular complexity index is 538. The minimum atomic E-state index is 0.302. The van der Waals surface area contributed by atoms with E-state index in [1.807, 2.05) is 30.3 Å². The Balaban J connectivity index is 1.84. The van der Waals surface area contributed by atoms with Crippen LogP contribution in [-0.4, -0.2) is 6.54 Å². The molecule has 1 unspecified atom stereocenters. The van der Waals surface area contributed by atoms with Crippen molar-refractivity contribution in [2.24, 2.45) is 0 Å². The van der Waals surface area contributed by atoms with Gasteiger partial charge in [-0.25, -0.2) is 0 Å². The van der Waals surface area contributed by atoms with E-state index in [1.54, 1.807) is 0 Å². The normalized spacial score (nSPS) is 11.8. The molecule has 2 aromatic rings. The molecule has 1 atom stereocenters. The molecular weight excluding hydrogens is 232 g/mol. The number of hydrogen-bond donors (Lipinski definition) is 1. The van der Waals surface area contributed by atoms with Crippen LogP contribution >= 0.6 is 0 Å². The highest BCUT2D eigenvalue weighted by Gasteiger charge is 2.04. The van der Waals surface area contributed by atoms with E-state index < -0.39 is 0 Å². The van der Waals surface area contributed by atoms with Gasteiger partial charge in [0.25, 0.3) is 0 Å². The van der Waals surface area contributed by atoms with Gasteiger partial charge in [-0.1, -0.05) is 42.5 Å². The first-order valence-corrected chi connectivity index (χ1v) is 6.57. The molecular formula is C17H18N2. The van der Waals surface area contributed by atoms with E-state index in [-0.39, 0.29) is 0 Å². The molecule has 0 saturated carbocycles. The fraction of sp³-hybridized carbons (Fsp3) is 0.235. The lowest BCUT2D eigenvalue weighted by Gasteiger charge is -2.14. The smallest absolute Gasteiger partial charge is 0.0991 e. The van der Waals surface area contributed by atoms with Gasteiger partial charge in [0.1, 0.15) is 0 Å². The fourth-order valence-corrected chi connectivity index (χ4v) is 2.04. The lowest BCUT2D eigenvalue weighted by atomic mass is 10.1. The summed E-state index contributed by atoms with van der Waals surface area (Å²) in [6.45, 7) is 3.09. The molecule has 0 fully saturated rings. The van der Waals surface area contributed by atoms with Crippen molar-refractivity contribution in [1.82, 2.24) is 5.32 Å². The van der Waals surface area contributed by atoms with Crippen molar-refractivity contribution in [1.29, 1.82) is 5.26 Å². The van der Waals surface area contributed by atoms with Crippen LogP contribution in [0.5, 0.6) is 0 Å². The quantitative estimate of drug-likeness (QED) is 0.882. The summed E-state index contributed by atoms with van der Waals surface area (Å²) < 4.78 is 0. The molecule has 2 heteroatoms. The Labute approximate surface area is 114 Å². The number of hydrogen-bond acceptors (Lipinski definition) is 2. The van der Waals surface area contributed by atoms with Gasteiger partial charge in [0.05, 0.1) is 11.6 Å². The summed E-state index contributed by atoms with van der Waals surface area (Å²) in [6.07, 6.45) is 1.03. The Morgan fingerprint density at radius 2 is 1.74 bits per heavy atom. The summed E-state index contributed by atoms with van der Waals surface area (Å²) in [7, 11) is 0. The van der Waals surface area contributed by atoms with Crippen LogP contribution in [0, 0.1) is 11.3 Å². The first-order chi connectivity index (χ1) is 9.29. The van der Waals surface area contributed by atoms with Crippen molar-refractivity contribution in [3.8, 4) is 6.07 Å². The molecule has 0 aliphatic carbocycles. The summed E-state index contributed by atoms with van der Waals surface area (Å²) in [5.74, 6) is 0. The maximum atomic E-state index is 8.77. The molecule has 0 spiro atoms. The van der Waals surface area contributed by atoms with Crippen LogP contribution in [0.1, 0.15) is 29.7 Å². The second kappa shape index (κ2) is 6.72. The highest BCUT2D eigenvalue weighted by molar-refractivity contribution is 5.32. The average Bonchev–Trinajstić information content (AvgIpc) is 2.48. The van der Waals surface area contributed by atoms with Crippen molar-refractivity contribution < 1.29 is 0 Å². The number of nitrogens with one attached hydrogen (secondary N) is 1. The van der Waals surface area contributed by atoms with E-state index >= 15 is 0 Å². The maximum absolute atomic E-state index is 8.77. The molecule has 19 heavy (non-hydrogen) atoms. The van der Waals surface area contributed by atoms with Gasteiger partial charge in [-0.15, -0.1) is 0 Å². The average molecular weight is 250 g/mol. The van der Waals surface area contributed by atoms with Crippen molar-refractivity contribution in [3.63, 3.8) is 0 Å². The first-order valence-electron chi connectivity index (χ1n) is 6.57. The zero-order chi connectivity index (χ0) is 13.5. The molecule has 0 aromatic heterocycles. The fourth-order valence-electron chi connectivity index (χ4n) is 2.04. The van der Waals surface area contributed by atoms with Gasteiger partial charge < -0.3 is 5.32 Å². The van der Waals surface area contributed by atoms with Crippen LogP contribution < -0.4 is 5.32 Å². The van der Waals surface area contributed by atoms with Crippen molar-refractivity contribution >= 4 is 0 Å². The topological polar surface area (TPSA) is 35.8 Å². The van der Waals surface area contributed by atoms with E-state index in [4.69, 9.17) is 5.26 Å². The SMILES string of the molecule is CC(NCCc1ccccc1)c1ccc(C#N)cc1. The van der Waals surface area contributed by atoms with Crippen LogP contribution in [0.2, 0.25) is 0 Å². The van der Waals surface area contributed by atoms with E-state index in [9.17, 15) is 0 Å². The third kappa shape index (κ3) is 3.94.